The first-order valence-electron chi connectivity index (χ1n) is 8.47. The van der Waals surface area contributed by atoms with Gasteiger partial charge in [0.2, 0.25) is 5.89 Å². The molecular weight excluding hydrogens is 304 g/mol. The molecule has 1 saturated heterocycles. The van der Waals surface area contributed by atoms with E-state index in [1.807, 2.05) is 6.92 Å². The largest absolute Gasteiger partial charge is 0.496 e. The van der Waals surface area contributed by atoms with Gasteiger partial charge in [-0.25, -0.2) is 0 Å². The van der Waals surface area contributed by atoms with E-state index in [4.69, 9.17) is 9.26 Å². The highest BCUT2D eigenvalue weighted by Crippen LogP contribution is 2.24. The van der Waals surface area contributed by atoms with E-state index in [9.17, 15) is 0 Å². The fourth-order valence-corrected chi connectivity index (χ4v) is 3.22. The number of benzene rings is 1. The van der Waals surface area contributed by atoms with Gasteiger partial charge in [0.1, 0.15) is 5.75 Å². The molecule has 1 unspecified atom stereocenters. The summed E-state index contributed by atoms with van der Waals surface area (Å²) in [6.07, 6.45) is 0. The highest BCUT2D eigenvalue weighted by atomic mass is 16.5. The Morgan fingerprint density at radius 2 is 1.96 bits per heavy atom. The molecule has 0 amide bonds. The van der Waals surface area contributed by atoms with Crippen molar-refractivity contribution in [2.24, 2.45) is 0 Å². The summed E-state index contributed by atoms with van der Waals surface area (Å²) in [4.78, 5) is 9.23. The molecule has 24 heavy (non-hydrogen) atoms. The molecule has 0 aliphatic carbocycles. The molecule has 0 N–H and O–H groups in total. The molecule has 2 aromatic rings. The van der Waals surface area contributed by atoms with Crippen molar-refractivity contribution in [3.8, 4) is 5.75 Å². The molecule has 0 radical (unpaired) electrons. The number of hydrogen-bond acceptors (Lipinski definition) is 6. The molecule has 0 spiro atoms. The maximum absolute atomic E-state index is 5.50. The van der Waals surface area contributed by atoms with Crippen LogP contribution in [0.2, 0.25) is 0 Å². The van der Waals surface area contributed by atoms with E-state index < -0.39 is 0 Å². The number of piperazine rings is 1. The second kappa shape index (κ2) is 7.32. The summed E-state index contributed by atoms with van der Waals surface area (Å²) in [7, 11) is 1.74. The molecule has 0 bridgehead atoms. The van der Waals surface area contributed by atoms with Gasteiger partial charge in [0.25, 0.3) is 0 Å². The number of aryl methyl sites for hydroxylation is 2. The summed E-state index contributed by atoms with van der Waals surface area (Å²) in [5.74, 6) is 2.38. The predicted octanol–water partition coefficient (Wildman–Crippen LogP) is 2.57. The molecule has 3 rings (SSSR count). The van der Waals surface area contributed by atoms with Gasteiger partial charge >= 0.3 is 0 Å². The third-order valence-electron chi connectivity index (χ3n) is 4.69. The number of rotatable bonds is 5. The minimum atomic E-state index is 0.168. The van der Waals surface area contributed by atoms with Gasteiger partial charge in [0.15, 0.2) is 5.82 Å². The molecular formula is C18H26N4O2. The average molecular weight is 330 g/mol. The third-order valence-corrected chi connectivity index (χ3v) is 4.69. The highest BCUT2D eigenvalue weighted by molar-refractivity contribution is 5.36. The van der Waals surface area contributed by atoms with Crippen LogP contribution < -0.4 is 4.74 Å². The van der Waals surface area contributed by atoms with Crippen molar-refractivity contribution in [2.45, 2.75) is 33.4 Å². The molecule has 0 saturated carbocycles. The van der Waals surface area contributed by atoms with Gasteiger partial charge in [0, 0.05) is 38.3 Å². The van der Waals surface area contributed by atoms with Crippen molar-refractivity contribution in [3.63, 3.8) is 0 Å². The van der Waals surface area contributed by atoms with Crippen molar-refractivity contribution in [1.82, 2.24) is 19.9 Å². The van der Waals surface area contributed by atoms with Gasteiger partial charge in [-0.15, -0.1) is 0 Å². The van der Waals surface area contributed by atoms with Crippen LogP contribution in [0.3, 0.4) is 0 Å². The maximum atomic E-state index is 5.50. The smallest absolute Gasteiger partial charge is 0.243 e. The average Bonchev–Trinajstić information content (AvgIpc) is 3.02. The van der Waals surface area contributed by atoms with Crippen LogP contribution >= 0.6 is 0 Å². The number of methoxy groups -OCH3 is 1. The SMILES string of the molecule is COc1ccc(C)cc1CN1CCN(C(C)c2nc(C)no2)CC1. The molecule has 1 aromatic heterocycles. The molecule has 1 fully saturated rings. The van der Waals surface area contributed by atoms with Gasteiger partial charge < -0.3 is 9.26 Å². The second-order valence-corrected chi connectivity index (χ2v) is 6.48. The van der Waals surface area contributed by atoms with E-state index in [1.54, 1.807) is 7.11 Å². The Labute approximate surface area is 143 Å². The van der Waals surface area contributed by atoms with Gasteiger partial charge in [0.05, 0.1) is 13.2 Å². The Morgan fingerprint density at radius 3 is 2.58 bits per heavy atom. The van der Waals surface area contributed by atoms with E-state index in [0.717, 1.165) is 38.5 Å². The number of aromatic nitrogens is 2. The first-order chi connectivity index (χ1) is 11.6. The monoisotopic (exact) mass is 330 g/mol. The second-order valence-electron chi connectivity index (χ2n) is 6.48. The van der Waals surface area contributed by atoms with Crippen molar-refractivity contribution >= 4 is 0 Å². The normalized spacial score (nSPS) is 17.8. The van der Waals surface area contributed by atoms with E-state index in [0.29, 0.717) is 11.7 Å². The zero-order valence-electron chi connectivity index (χ0n) is 15.0. The van der Waals surface area contributed by atoms with Gasteiger partial charge in [-0.05, 0) is 26.8 Å². The Balaban J connectivity index is 1.58. The van der Waals surface area contributed by atoms with E-state index in [-0.39, 0.29) is 6.04 Å². The molecule has 2 heterocycles. The topological polar surface area (TPSA) is 54.6 Å². The van der Waals surface area contributed by atoms with Gasteiger partial charge in [-0.1, -0.05) is 22.9 Å². The minimum Gasteiger partial charge on any atom is -0.496 e. The van der Waals surface area contributed by atoms with Crippen LogP contribution in [0.25, 0.3) is 0 Å². The molecule has 1 aromatic carbocycles. The first-order valence-corrected chi connectivity index (χ1v) is 8.47. The van der Waals surface area contributed by atoms with Crippen LogP contribution in [0.5, 0.6) is 5.75 Å². The fraction of sp³-hybridized carbons (Fsp3) is 0.556. The Kier molecular flexibility index (Phi) is 5.16. The lowest BCUT2D eigenvalue weighted by atomic mass is 10.1. The van der Waals surface area contributed by atoms with Crippen molar-refractivity contribution in [3.05, 3.63) is 41.0 Å². The molecule has 130 valence electrons. The summed E-state index contributed by atoms with van der Waals surface area (Å²) < 4.78 is 10.8. The Hall–Kier alpha value is -1.92. The Morgan fingerprint density at radius 1 is 1.21 bits per heavy atom. The zero-order valence-corrected chi connectivity index (χ0v) is 15.0. The van der Waals surface area contributed by atoms with E-state index in [2.05, 4.69) is 52.0 Å². The van der Waals surface area contributed by atoms with Crippen LogP contribution in [0.15, 0.2) is 22.7 Å². The summed E-state index contributed by atoms with van der Waals surface area (Å²) in [5, 5.41) is 3.89. The third kappa shape index (κ3) is 3.76. The molecule has 1 atom stereocenters. The zero-order chi connectivity index (χ0) is 17.1. The van der Waals surface area contributed by atoms with Crippen molar-refractivity contribution in [1.29, 1.82) is 0 Å². The van der Waals surface area contributed by atoms with Gasteiger partial charge in [-0.2, -0.15) is 4.98 Å². The van der Waals surface area contributed by atoms with Crippen LogP contribution in [-0.4, -0.2) is 53.2 Å². The fourth-order valence-electron chi connectivity index (χ4n) is 3.22. The summed E-state index contributed by atoms with van der Waals surface area (Å²) >= 11 is 0. The standard InChI is InChI=1S/C18H26N4O2/c1-13-5-6-17(23-4)16(11-13)12-21-7-9-22(10-8-21)14(2)18-19-15(3)20-24-18/h5-6,11,14H,7-10,12H2,1-4H3. The number of hydrogen-bond donors (Lipinski definition) is 0. The van der Waals surface area contributed by atoms with Crippen LogP contribution in [-0.2, 0) is 6.54 Å². The highest BCUT2D eigenvalue weighted by Gasteiger charge is 2.25. The van der Waals surface area contributed by atoms with Gasteiger partial charge in [-0.3, -0.25) is 9.80 Å². The number of nitrogens with zero attached hydrogens (tertiary/aromatic N) is 4. The van der Waals surface area contributed by atoms with E-state index >= 15 is 0 Å². The quantitative estimate of drug-likeness (QED) is 0.840. The predicted molar refractivity (Wildman–Crippen MR) is 92.0 cm³/mol. The van der Waals surface area contributed by atoms with Crippen LogP contribution in [0, 0.1) is 13.8 Å². The van der Waals surface area contributed by atoms with E-state index in [1.165, 1.54) is 11.1 Å². The minimum absolute atomic E-state index is 0.168. The molecule has 6 nitrogen and oxygen atoms in total. The van der Waals surface area contributed by atoms with Crippen LogP contribution in [0.1, 0.15) is 35.8 Å². The number of ether oxygens (including phenoxy) is 1. The van der Waals surface area contributed by atoms with Crippen molar-refractivity contribution < 1.29 is 9.26 Å². The summed E-state index contributed by atoms with van der Waals surface area (Å²) in [6.45, 7) is 11.1. The molecule has 1 aliphatic rings. The Bertz CT molecular complexity index is 677. The maximum Gasteiger partial charge on any atom is 0.243 e. The first kappa shape index (κ1) is 16.9. The lowest BCUT2D eigenvalue weighted by Crippen LogP contribution is -2.46. The summed E-state index contributed by atoms with van der Waals surface area (Å²) in [6, 6.07) is 6.53. The van der Waals surface area contributed by atoms with Crippen LogP contribution in [0.4, 0.5) is 0 Å². The lowest BCUT2D eigenvalue weighted by Gasteiger charge is -2.37. The molecule has 1 aliphatic heterocycles. The summed E-state index contributed by atoms with van der Waals surface area (Å²) in [5.41, 5.74) is 2.52. The molecule has 6 heteroatoms. The lowest BCUT2D eigenvalue weighted by molar-refractivity contribution is 0.0841. The van der Waals surface area contributed by atoms with Crippen molar-refractivity contribution in [2.75, 3.05) is 33.3 Å².